The summed E-state index contributed by atoms with van der Waals surface area (Å²) in [6, 6.07) is 5.69. The van der Waals surface area contributed by atoms with Crippen molar-refractivity contribution in [2.75, 3.05) is 6.54 Å². The van der Waals surface area contributed by atoms with E-state index in [-0.39, 0.29) is 11.1 Å². The van der Waals surface area contributed by atoms with Crippen molar-refractivity contribution in [2.24, 2.45) is 0 Å². The fraction of sp³-hybridized carbons (Fsp3) is 0.500. The molecule has 1 unspecified atom stereocenters. The Morgan fingerprint density at radius 2 is 2.10 bits per heavy atom. The molecule has 0 amide bonds. The third-order valence-corrected chi connectivity index (χ3v) is 4.11. The van der Waals surface area contributed by atoms with Gasteiger partial charge in [-0.25, -0.2) is 0 Å². The Balaban J connectivity index is 2.12. The van der Waals surface area contributed by atoms with Gasteiger partial charge in [0.2, 0.25) is 5.56 Å². The zero-order chi connectivity index (χ0) is 14.3. The van der Waals surface area contributed by atoms with Gasteiger partial charge in [-0.2, -0.15) is 0 Å². The van der Waals surface area contributed by atoms with Crippen LogP contribution < -0.4 is 5.56 Å². The van der Waals surface area contributed by atoms with Gasteiger partial charge in [-0.3, -0.25) is 14.7 Å². The lowest BCUT2D eigenvalue weighted by Gasteiger charge is -2.37. The van der Waals surface area contributed by atoms with Crippen molar-refractivity contribution in [2.45, 2.75) is 45.2 Å². The summed E-state index contributed by atoms with van der Waals surface area (Å²) >= 11 is 0. The van der Waals surface area contributed by atoms with Crippen LogP contribution in [0.25, 0.3) is 10.9 Å². The molecule has 1 fully saturated rings. The Morgan fingerprint density at radius 3 is 2.85 bits per heavy atom. The second kappa shape index (κ2) is 4.70. The molecular formula is C16H21N3O. The minimum atomic E-state index is -0.0613. The maximum Gasteiger partial charge on any atom is 0.248 e. The van der Waals surface area contributed by atoms with Gasteiger partial charge in [0.15, 0.2) is 0 Å². The van der Waals surface area contributed by atoms with E-state index in [4.69, 9.17) is 0 Å². The van der Waals surface area contributed by atoms with E-state index in [1.165, 1.54) is 6.42 Å². The van der Waals surface area contributed by atoms with Gasteiger partial charge in [-0.05, 0) is 52.3 Å². The third-order valence-electron chi connectivity index (χ3n) is 4.11. The quantitative estimate of drug-likeness (QED) is 0.867. The number of nitrogens with zero attached hydrogens (tertiary/aromatic N) is 2. The van der Waals surface area contributed by atoms with Gasteiger partial charge >= 0.3 is 0 Å². The smallest absolute Gasteiger partial charge is 0.248 e. The van der Waals surface area contributed by atoms with Crippen LogP contribution >= 0.6 is 0 Å². The molecular weight excluding hydrogens is 250 g/mol. The fourth-order valence-corrected chi connectivity index (χ4v) is 3.23. The van der Waals surface area contributed by atoms with Crippen LogP contribution in [0.3, 0.4) is 0 Å². The van der Waals surface area contributed by atoms with E-state index in [9.17, 15) is 4.79 Å². The molecule has 4 nitrogen and oxygen atoms in total. The number of pyridine rings is 2. The van der Waals surface area contributed by atoms with E-state index < -0.39 is 0 Å². The van der Waals surface area contributed by atoms with Crippen LogP contribution in [0.5, 0.6) is 0 Å². The van der Waals surface area contributed by atoms with Gasteiger partial charge in [0.1, 0.15) is 0 Å². The Labute approximate surface area is 118 Å². The maximum absolute atomic E-state index is 11.5. The molecule has 0 spiro atoms. The molecule has 0 aliphatic carbocycles. The predicted octanol–water partition coefficient (Wildman–Crippen LogP) is 2.86. The van der Waals surface area contributed by atoms with Gasteiger partial charge < -0.3 is 4.98 Å². The standard InChI is InChI=1S/C16H21N3O/c1-16(2,3)19-10-4-5-13(19)15-11-6-7-14(20)18-12(11)8-9-17-15/h6-9,13H,4-5,10H2,1-3H3,(H,18,20). The van der Waals surface area contributed by atoms with E-state index in [2.05, 4.69) is 35.6 Å². The van der Waals surface area contributed by atoms with Crippen molar-refractivity contribution in [3.8, 4) is 0 Å². The van der Waals surface area contributed by atoms with E-state index in [1.54, 1.807) is 12.3 Å². The summed E-state index contributed by atoms with van der Waals surface area (Å²) in [6.45, 7) is 7.85. The molecule has 2 aromatic heterocycles. The highest BCUT2D eigenvalue weighted by atomic mass is 16.1. The Bertz CT molecular complexity index is 684. The van der Waals surface area contributed by atoms with Crippen LogP contribution in [0.4, 0.5) is 0 Å². The summed E-state index contributed by atoms with van der Waals surface area (Å²) in [6.07, 6.45) is 4.12. The maximum atomic E-state index is 11.5. The number of aromatic nitrogens is 2. The lowest BCUT2D eigenvalue weighted by atomic mass is 10.0. The summed E-state index contributed by atoms with van der Waals surface area (Å²) in [5.74, 6) is 0. The predicted molar refractivity (Wildman–Crippen MR) is 80.8 cm³/mol. The number of hydrogen-bond acceptors (Lipinski definition) is 3. The summed E-state index contributed by atoms with van der Waals surface area (Å²) < 4.78 is 0. The van der Waals surface area contributed by atoms with Crippen molar-refractivity contribution in [1.29, 1.82) is 0 Å². The topological polar surface area (TPSA) is 49.0 Å². The minimum absolute atomic E-state index is 0.0613. The zero-order valence-corrected chi connectivity index (χ0v) is 12.3. The molecule has 3 rings (SSSR count). The molecule has 0 saturated carbocycles. The van der Waals surface area contributed by atoms with Crippen molar-refractivity contribution in [3.05, 3.63) is 40.4 Å². The number of likely N-dealkylation sites (tertiary alicyclic amines) is 1. The lowest BCUT2D eigenvalue weighted by molar-refractivity contribution is 0.120. The van der Waals surface area contributed by atoms with E-state index in [0.717, 1.165) is 29.6 Å². The van der Waals surface area contributed by atoms with Crippen LogP contribution in [-0.4, -0.2) is 27.0 Å². The Hall–Kier alpha value is -1.68. The van der Waals surface area contributed by atoms with E-state index >= 15 is 0 Å². The first-order valence-electron chi connectivity index (χ1n) is 7.21. The molecule has 0 bridgehead atoms. The molecule has 1 aliphatic heterocycles. The Morgan fingerprint density at radius 1 is 1.30 bits per heavy atom. The average Bonchev–Trinajstić information content (AvgIpc) is 2.86. The van der Waals surface area contributed by atoms with Gasteiger partial charge in [-0.15, -0.1) is 0 Å². The first kappa shape index (κ1) is 13.3. The van der Waals surface area contributed by atoms with Gasteiger partial charge in [0, 0.05) is 23.2 Å². The number of hydrogen-bond donors (Lipinski definition) is 1. The molecule has 1 aliphatic rings. The number of aromatic amines is 1. The van der Waals surface area contributed by atoms with Crippen LogP contribution in [0.1, 0.15) is 45.3 Å². The molecule has 20 heavy (non-hydrogen) atoms. The largest absolute Gasteiger partial charge is 0.322 e. The summed E-state index contributed by atoms with van der Waals surface area (Å²) in [5, 5.41) is 1.06. The second-order valence-electron chi connectivity index (χ2n) is 6.50. The molecule has 2 aromatic rings. The molecule has 4 heteroatoms. The molecule has 3 heterocycles. The van der Waals surface area contributed by atoms with Crippen LogP contribution in [-0.2, 0) is 0 Å². The SMILES string of the molecule is CC(C)(C)N1CCCC1c1nccc2[nH]c(=O)ccc12. The van der Waals surface area contributed by atoms with Crippen LogP contribution in [0.2, 0.25) is 0 Å². The van der Waals surface area contributed by atoms with Gasteiger partial charge in [-0.1, -0.05) is 0 Å². The van der Waals surface area contributed by atoms with Crippen LogP contribution in [0.15, 0.2) is 29.2 Å². The number of H-pyrrole nitrogens is 1. The summed E-state index contributed by atoms with van der Waals surface area (Å²) in [4.78, 5) is 21.5. The Kier molecular flexibility index (Phi) is 3.13. The third kappa shape index (κ3) is 2.24. The highest BCUT2D eigenvalue weighted by Gasteiger charge is 2.35. The van der Waals surface area contributed by atoms with Crippen molar-refractivity contribution >= 4 is 10.9 Å². The molecule has 1 saturated heterocycles. The van der Waals surface area contributed by atoms with Gasteiger partial charge in [0.25, 0.3) is 0 Å². The van der Waals surface area contributed by atoms with E-state index in [1.807, 2.05) is 12.1 Å². The number of fused-ring (bicyclic) bond motifs is 1. The number of rotatable bonds is 1. The summed E-state index contributed by atoms with van der Waals surface area (Å²) in [7, 11) is 0. The highest BCUT2D eigenvalue weighted by Crippen LogP contribution is 2.38. The zero-order valence-electron chi connectivity index (χ0n) is 12.3. The van der Waals surface area contributed by atoms with Crippen molar-refractivity contribution < 1.29 is 0 Å². The normalized spacial score (nSPS) is 20.6. The lowest BCUT2D eigenvalue weighted by Crippen LogP contribution is -2.40. The summed E-state index contributed by atoms with van der Waals surface area (Å²) in [5.41, 5.74) is 2.04. The second-order valence-corrected chi connectivity index (χ2v) is 6.50. The molecule has 1 atom stereocenters. The van der Waals surface area contributed by atoms with Crippen LogP contribution in [0, 0.1) is 0 Å². The minimum Gasteiger partial charge on any atom is -0.322 e. The molecule has 106 valence electrons. The first-order valence-corrected chi connectivity index (χ1v) is 7.21. The van der Waals surface area contributed by atoms with E-state index in [0.29, 0.717) is 6.04 Å². The molecule has 0 radical (unpaired) electrons. The van der Waals surface area contributed by atoms with Gasteiger partial charge in [0.05, 0.1) is 17.3 Å². The van der Waals surface area contributed by atoms with Crippen molar-refractivity contribution in [1.82, 2.24) is 14.9 Å². The first-order chi connectivity index (χ1) is 9.47. The number of nitrogens with one attached hydrogen (secondary N) is 1. The monoisotopic (exact) mass is 271 g/mol. The van der Waals surface area contributed by atoms with Crippen molar-refractivity contribution in [3.63, 3.8) is 0 Å². The average molecular weight is 271 g/mol. The fourth-order valence-electron chi connectivity index (χ4n) is 3.23. The highest BCUT2D eigenvalue weighted by molar-refractivity contribution is 5.80. The molecule has 0 aromatic carbocycles. The molecule has 1 N–H and O–H groups in total.